The number of benzene rings is 2. The van der Waals surface area contributed by atoms with Gasteiger partial charge in [-0.1, -0.05) is 12.1 Å². The second-order valence-electron chi connectivity index (χ2n) is 4.71. The normalized spacial score (nSPS) is 10.9. The summed E-state index contributed by atoms with van der Waals surface area (Å²) in [5.74, 6) is 0. The first-order chi connectivity index (χ1) is 10.7. The number of sulfonamides is 1. The number of non-ortho nitro benzene ring substituents is 1. The van der Waals surface area contributed by atoms with Crippen LogP contribution in [0.4, 0.5) is 5.69 Å². The van der Waals surface area contributed by atoms with E-state index in [-0.39, 0.29) is 80.9 Å². The first-order valence-electron chi connectivity index (χ1n) is 6.09. The fourth-order valence-corrected chi connectivity index (χ4v) is 3.16. The zero-order valence-corrected chi connectivity index (χ0v) is 18.0. The Kier molecular flexibility index (Phi) is 6.75. The molecule has 3 aromatic rings. The SMILES string of the molecule is NS(=O)(=O)c1cccc2c1c([N+](=O)[O-])cc1[nH]c(=O)c(=O)[nH]c12.[Na].[Na]. The number of hydrogen-bond donors (Lipinski definition) is 3. The summed E-state index contributed by atoms with van der Waals surface area (Å²) in [5, 5.41) is 16.2. The van der Waals surface area contributed by atoms with E-state index < -0.39 is 36.6 Å². The molecule has 1 heterocycles. The molecule has 0 unspecified atom stereocenters. The number of nitrogens with one attached hydrogen (secondary N) is 2. The summed E-state index contributed by atoms with van der Waals surface area (Å²) in [6, 6.07) is 4.81. The van der Waals surface area contributed by atoms with Gasteiger partial charge in [0.2, 0.25) is 10.0 Å². The van der Waals surface area contributed by atoms with Crippen molar-refractivity contribution in [2.75, 3.05) is 0 Å². The number of H-pyrrole nitrogens is 2. The summed E-state index contributed by atoms with van der Waals surface area (Å²) in [6.45, 7) is 0. The van der Waals surface area contributed by atoms with E-state index in [1.165, 1.54) is 12.1 Å². The molecule has 2 aromatic carbocycles. The number of nitro groups is 1. The maximum atomic E-state index is 11.7. The van der Waals surface area contributed by atoms with Crippen LogP contribution in [0.5, 0.6) is 0 Å². The van der Waals surface area contributed by atoms with E-state index in [0.717, 1.165) is 12.1 Å². The van der Waals surface area contributed by atoms with E-state index in [0.29, 0.717) is 0 Å². The van der Waals surface area contributed by atoms with Crippen LogP contribution in [-0.2, 0) is 10.0 Å². The minimum absolute atomic E-state index is 0. The second-order valence-corrected chi connectivity index (χ2v) is 6.24. The number of rotatable bonds is 2. The van der Waals surface area contributed by atoms with Crippen LogP contribution in [0, 0.1) is 10.1 Å². The zero-order chi connectivity index (χ0) is 16.9. The summed E-state index contributed by atoms with van der Waals surface area (Å²) in [7, 11) is -4.24. The monoisotopic (exact) mass is 382 g/mol. The second kappa shape index (κ2) is 7.68. The Balaban J connectivity index is 0.00000156. The average Bonchev–Trinajstić information content (AvgIpc) is 2.46. The van der Waals surface area contributed by atoms with E-state index in [9.17, 15) is 28.1 Å². The minimum atomic E-state index is -4.24. The van der Waals surface area contributed by atoms with Crippen molar-refractivity contribution in [3.05, 3.63) is 55.1 Å². The molecule has 1 aromatic heterocycles. The van der Waals surface area contributed by atoms with Crippen molar-refractivity contribution in [1.29, 1.82) is 0 Å². The fourth-order valence-electron chi connectivity index (χ4n) is 2.39. The van der Waals surface area contributed by atoms with Crippen molar-refractivity contribution < 1.29 is 13.3 Å². The van der Waals surface area contributed by atoms with Gasteiger partial charge in [-0.3, -0.25) is 19.7 Å². The van der Waals surface area contributed by atoms with Crippen molar-refractivity contribution in [2.24, 2.45) is 5.14 Å². The van der Waals surface area contributed by atoms with E-state index in [1.54, 1.807) is 0 Å². The van der Waals surface area contributed by atoms with Gasteiger partial charge >= 0.3 is 11.1 Å². The van der Waals surface area contributed by atoms with Crippen molar-refractivity contribution in [1.82, 2.24) is 9.97 Å². The first-order valence-corrected chi connectivity index (χ1v) is 7.64. The van der Waals surface area contributed by atoms with E-state index >= 15 is 0 Å². The zero-order valence-electron chi connectivity index (χ0n) is 13.2. The molecule has 0 fully saturated rings. The molecular formula is C12H8N4Na2O6S. The molecule has 0 aliphatic heterocycles. The molecule has 0 aliphatic carbocycles. The van der Waals surface area contributed by atoms with Gasteiger partial charge in [0.1, 0.15) is 0 Å². The van der Waals surface area contributed by atoms with Gasteiger partial charge in [-0.2, -0.15) is 0 Å². The van der Waals surface area contributed by atoms with Crippen LogP contribution in [0.25, 0.3) is 21.8 Å². The molecule has 4 N–H and O–H groups in total. The predicted molar refractivity (Wildman–Crippen MR) is 92.2 cm³/mol. The van der Waals surface area contributed by atoms with Crippen molar-refractivity contribution >= 4 is 96.6 Å². The first kappa shape index (κ1) is 22.0. The largest absolute Gasteiger partial charge is 0.316 e. The van der Waals surface area contributed by atoms with Gasteiger partial charge in [0, 0.05) is 70.6 Å². The van der Waals surface area contributed by atoms with E-state index in [4.69, 9.17) is 5.14 Å². The topological polar surface area (TPSA) is 169 Å². The maximum Gasteiger partial charge on any atom is 0.314 e. The quantitative estimate of drug-likeness (QED) is 0.172. The van der Waals surface area contributed by atoms with Crippen LogP contribution in [-0.4, -0.2) is 82.4 Å². The molecule has 0 atom stereocenters. The van der Waals surface area contributed by atoms with Gasteiger partial charge in [-0.15, -0.1) is 0 Å². The molecule has 120 valence electrons. The predicted octanol–water partition coefficient (Wildman–Crippen LogP) is -0.836. The van der Waals surface area contributed by atoms with Gasteiger partial charge in [0.05, 0.1) is 26.2 Å². The van der Waals surface area contributed by atoms with Crippen LogP contribution in [0.1, 0.15) is 0 Å². The molecular weight excluding hydrogens is 374 g/mol. The van der Waals surface area contributed by atoms with Crippen LogP contribution >= 0.6 is 0 Å². The van der Waals surface area contributed by atoms with E-state index in [1.807, 2.05) is 0 Å². The van der Waals surface area contributed by atoms with Crippen molar-refractivity contribution in [3.63, 3.8) is 0 Å². The van der Waals surface area contributed by atoms with Crippen LogP contribution in [0.2, 0.25) is 0 Å². The van der Waals surface area contributed by atoms with Gasteiger partial charge < -0.3 is 9.97 Å². The van der Waals surface area contributed by atoms with Crippen LogP contribution in [0.15, 0.2) is 38.8 Å². The molecule has 0 amide bonds. The fraction of sp³-hybridized carbons (Fsp3) is 0. The number of nitrogens with two attached hydrogens (primary N) is 1. The molecule has 0 saturated carbocycles. The van der Waals surface area contributed by atoms with Gasteiger partial charge in [-0.25, -0.2) is 13.6 Å². The van der Waals surface area contributed by atoms with Gasteiger partial charge in [0.15, 0.2) is 0 Å². The third kappa shape index (κ3) is 3.88. The Morgan fingerprint density at radius 2 is 1.68 bits per heavy atom. The molecule has 0 spiro atoms. The van der Waals surface area contributed by atoms with Crippen LogP contribution < -0.4 is 16.3 Å². The molecule has 0 saturated heterocycles. The Hall–Kier alpha value is -1.05. The number of primary sulfonamides is 1. The van der Waals surface area contributed by atoms with Crippen molar-refractivity contribution in [3.8, 4) is 0 Å². The number of nitro benzene ring substituents is 1. The third-order valence-electron chi connectivity index (χ3n) is 3.30. The minimum Gasteiger partial charge on any atom is -0.316 e. The molecule has 2 radical (unpaired) electrons. The number of hydrogen-bond acceptors (Lipinski definition) is 6. The molecule has 0 aliphatic rings. The maximum absolute atomic E-state index is 11.7. The Labute approximate surface area is 183 Å². The summed E-state index contributed by atoms with van der Waals surface area (Å²) >= 11 is 0. The van der Waals surface area contributed by atoms with Crippen molar-refractivity contribution in [2.45, 2.75) is 4.90 Å². The number of aromatic amines is 2. The standard InChI is InChI=1S/C12H8N4O6S.2Na/c13-23(21,22)8-3-1-2-5-9(8)7(16(19)20)4-6-10(5)15-12(18)11(17)14-6;;/h1-4H,(H,14,17)(H,15,18)(H2,13,21,22);;. The Morgan fingerprint density at radius 1 is 1.08 bits per heavy atom. The molecule has 3 rings (SSSR count). The number of nitrogens with zero attached hydrogens (tertiary/aromatic N) is 1. The molecule has 10 nitrogen and oxygen atoms in total. The summed E-state index contributed by atoms with van der Waals surface area (Å²) < 4.78 is 23.4. The summed E-state index contributed by atoms with van der Waals surface area (Å²) in [5.41, 5.74) is -2.43. The Bertz CT molecular complexity index is 1220. The van der Waals surface area contributed by atoms with Gasteiger partial charge in [0.25, 0.3) is 5.69 Å². The summed E-state index contributed by atoms with van der Waals surface area (Å²) in [4.78, 5) is 37.5. The van der Waals surface area contributed by atoms with E-state index in [2.05, 4.69) is 9.97 Å². The molecule has 25 heavy (non-hydrogen) atoms. The van der Waals surface area contributed by atoms with Crippen LogP contribution in [0.3, 0.4) is 0 Å². The molecule has 0 bridgehead atoms. The average molecular weight is 382 g/mol. The Morgan fingerprint density at radius 3 is 2.24 bits per heavy atom. The number of aromatic nitrogens is 2. The summed E-state index contributed by atoms with van der Waals surface area (Å²) in [6.07, 6.45) is 0. The van der Waals surface area contributed by atoms with Gasteiger partial charge in [-0.05, 0) is 6.07 Å². The molecule has 13 heteroatoms. The third-order valence-corrected chi connectivity index (χ3v) is 4.25. The number of fused-ring (bicyclic) bond motifs is 3. The smallest absolute Gasteiger partial charge is 0.314 e.